The zero-order valence-electron chi connectivity index (χ0n) is 6.12. The lowest BCUT2D eigenvalue weighted by Crippen LogP contribution is -2.59. The lowest BCUT2D eigenvalue weighted by atomic mass is 10.00. The van der Waals surface area contributed by atoms with Crippen LogP contribution in [-0.4, -0.2) is 57.4 Å². The van der Waals surface area contributed by atoms with Crippen molar-refractivity contribution in [3.63, 3.8) is 0 Å². The largest absolute Gasteiger partial charge is 0.385 e. The summed E-state index contributed by atoms with van der Waals surface area (Å²) in [4.78, 5) is 0. The summed E-state index contributed by atoms with van der Waals surface area (Å²) < 4.78 is 9.42. The fourth-order valence-electron chi connectivity index (χ4n) is 1.48. The average Bonchev–Trinajstić information content (AvgIpc) is 2.21. The first-order valence-corrected chi connectivity index (χ1v) is 3.60. The van der Waals surface area contributed by atoms with E-state index in [0.29, 0.717) is 0 Å². The fraction of sp³-hybridized carbons (Fsp3) is 1.00. The van der Waals surface area contributed by atoms with Gasteiger partial charge in [0.1, 0.15) is 24.9 Å². The van der Waals surface area contributed by atoms with Gasteiger partial charge in [-0.2, -0.15) is 0 Å². The van der Waals surface area contributed by atoms with Gasteiger partial charge in [-0.05, 0) is 0 Å². The van der Waals surface area contributed by atoms with Crippen LogP contribution in [0, 0.1) is 0 Å². The molecular weight excluding hydrogens is 168 g/mol. The summed E-state index contributed by atoms with van der Waals surface area (Å²) >= 11 is 0. The lowest BCUT2D eigenvalue weighted by Gasteiger charge is -2.36. The van der Waals surface area contributed by atoms with Crippen LogP contribution in [0.4, 0.5) is 0 Å². The third kappa shape index (κ3) is 0.905. The van der Waals surface area contributed by atoms with Crippen LogP contribution in [-0.2, 0) is 9.47 Å². The molecule has 0 spiro atoms. The third-order valence-electron chi connectivity index (χ3n) is 2.21. The second-order valence-electron chi connectivity index (χ2n) is 3.06. The molecule has 0 aliphatic carbocycles. The van der Waals surface area contributed by atoms with E-state index in [1.807, 2.05) is 0 Å². The van der Waals surface area contributed by atoms with Crippen molar-refractivity contribution in [2.24, 2.45) is 0 Å². The second-order valence-corrected chi connectivity index (χ2v) is 3.06. The molecule has 2 aliphatic rings. The van der Waals surface area contributed by atoms with E-state index in [0.717, 1.165) is 0 Å². The number of aliphatic hydroxyl groups is 4. The molecule has 0 aromatic carbocycles. The van der Waals surface area contributed by atoms with Crippen molar-refractivity contribution < 1.29 is 29.9 Å². The highest BCUT2D eigenvalue weighted by Gasteiger charge is 2.59. The van der Waals surface area contributed by atoms with E-state index in [2.05, 4.69) is 4.74 Å². The van der Waals surface area contributed by atoms with E-state index < -0.39 is 30.4 Å². The predicted molar refractivity (Wildman–Crippen MR) is 33.8 cm³/mol. The van der Waals surface area contributed by atoms with Gasteiger partial charge in [0.2, 0.25) is 5.79 Å². The molecule has 0 aromatic heterocycles. The van der Waals surface area contributed by atoms with E-state index in [4.69, 9.17) is 9.84 Å². The highest BCUT2D eigenvalue weighted by molar-refractivity contribution is 4.99. The number of hydrogen-bond acceptors (Lipinski definition) is 6. The maximum absolute atomic E-state index is 9.41. The number of rotatable bonds is 0. The summed E-state index contributed by atoms with van der Waals surface area (Å²) in [6.45, 7) is -0.243. The molecule has 0 amide bonds. The monoisotopic (exact) mass is 178 g/mol. The summed E-state index contributed by atoms with van der Waals surface area (Å²) in [6, 6.07) is 0. The van der Waals surface area contributed by atoms with Gasteiger partial charge in [-0.1, -0.05) is 0 Å². The van der Waals surface area contributed by atoms with Gasteiger partial charge in [0.15, 0.2) is 6.29 Å². The normalized spacial score (nSPS) is 59.0. The van der Waals surface area contributed by atoms with E-state index in [9.17, 15) is 15.3 Å². The Morgan fingerprint density at radius 1 is 1.25 bits per heavy atom. The van der Waals surface area contributed by atoms with Crippen molar-refractivity contribution in [2.75, 3.05) is 6.61 Å². The lowest BCUT2D eigenvalue weighted by molar-refractivity contribution is -0.342. The van der Waals surface area contributed by atoms with Crippen molar-refractivity contribution >= 4 is 0 Å². The minimum absolute atomic E-state index is 0.243. The zero-order valence-corrected chi connectivity index (χ0v) is 6.12. The summed E-state index contributed by atoms with van der Waals surface area (Å²) in [6.07, 6.45) is -5.11. The molecule has 4 N–H and O–H groups in total. The van der Waals surface area contributed by atoms with Crippen molar-refractivity contribution in [2.45, 2.75) is 30.4 Å². The number of fused-ring (bicyclic) bond motifs is 2. The summed E-state index contributed by atoms with van der Waals surface area (Å²) in [7, 11) is 0. The standard InChI is InChI=1S/C6H10O6/c7-2-3-4(8)6(10,1-11-3)12-5(2)9/h2-5,7-10H,1H2/t2-,3-,4-,5+,6+/m1/s1. The Morgan fingerprint density at radius 2 is 1.92 bits per heavy atom. The first kappa shape index (κ1) is 8.36. The second kappa shape index (κ2) is 2.38. The summed E-state index contributed by atoms with van der Waals surface area (Å²) in [5, 5.41) is 36.9. The third-order valence-corrected chi connectivity index (χ3v) is 2.21. The van der Waals surface area contributed by atoms with E-state index in [1.165, 1.54) is 0 Å². The number of aliphatic hydroxyl groups excluding tert-OH is 3. The highest BCUT2D eigenvalue weighted by Crippen LogP contribution is 2.35. The molecule has 70 valence electrons. The van der Waals surface area contributed by atoms with Gasteiger partial charge >= 0.3 is 0 Å². The Bertz CT molecular complexity index is 196. The molecule has 2 saturated heterocycles. The fourth-order valence-corrected chi connectivity index (χ4v) is 1.48. The van der Waals surface area contributed by atoms with Crippen molar-refractivity contribution in [1.82, 2.24) is 0 Å². The molecule has 0 saturated carbocycles. The van der Waals surface area contributed by atoms with Crippen LogP contribution in [0.25, 0.3) is 0 Å². The van der Waals surface area contributed by atoms with Crippen LogP contribution in [0.1, 0.15) is 0 Å². The minimum Gasteiger partial charge on any atom is -0.385 e. The van der Waals surface area contributed by atoms with Crippen LogP contribution in [0.15, 0.2) is 0 Å². The number of ether oxygens (including phenoxy) is 2. The average molecular weight is 178 g/mol. The molecule has 5 atom stereocenters. The molecule has 2 aliphatic heterocycles. The molecule has 6 heteroatoms. The molecular formula is C6H10O6. The van der Waals surface area contributed by atoms with Crippen molar-refractivity contribution in [3.8, 4) is 0 Å². The molecule has 2 bridgehead atoms. The van der Waals surface area contributed by atoms with E-state index in [1.54, 1.807) is 0 Å². The van der Waals surface area contributed by atoms with Crippen LogP contribution in [0.3, 0.4) is 0 Å². The quantitative estimate of drug-likeness (QED) is 0.318. The van der Waals surface area contributed by atoms with Crippen LogP contribution in [0.2, 0.25) is 0 Å². The summed E-state index contributed by atoms with van der Waals surface area (Å²) in [5.41, 5.74) is 0. The Morgan fingerprint density at radius 3 is 2.58 bits per heavy atom. The van der Waals surface area contributed by atoms with Gasteiger partial charge in [-0.15, -0.1) is 0 Å². The summed E-state index contributed by atoms with van der Waals surface area (Å²) in [5.74, 6) is -1.87. The van der Waals surface area contributed by atoms with Gasteiger partial charge in [-0.3, -0.25) is 0 Å². The molecule has 12 heavy (non-hydrogen) atoms. The van der Waals surface area contributed by atoms with Gasteiger partial charge in [0.05, 0.1) is 0 Å². The molecule has 6 nitrogen and oxygen atoms in total. The number of hydrogen-bond donors (Lipinski definition) is 4. The Hall–Kier alpha value is -0.240. The van der Waals surface area contributed by atoms with Gasteiger partial charge in [0.25, 0.3) is 0 Å². The molecule has 2 heterocycles. The molecule has 0 radical (unpaired) electrons. The van der Waals surface area contributed by atoms with Crippen LogP contribution in [0.5, 0.6) is 0 Å². The molecule has 2 fully saturated rings. The molecule has 2 rings (SSSR count). The SMILES string of the molecule is O[C@@H]1[C@H]2OC[C@](O)(O[C@@H]1O)[C@@H]2O. The smallest absolute Gasteiger partial charge is 0.221 e. The van der Waals surface area contributed by atoms with Crippen LogP contribution >= 0.6 is 0 Å². The maximum atomic E-state index is 9.41. The molecule has 0 aromatic rings. The first-order chi connectivity index (χ1) is 5.54. The van der Waals surface area contributed by atoms with E-state index >= 15 is 0 Å². The van der Waals surface area contributed by atoms with Gasteiger partial charge in [-0.25, -0.2) is 0 Å². The maximum Gasteiger partial charge on any atom is 0.221 e. The first-order valence-electron chi connectivity index (χ1n) is 3.60. The van der Waals surface area contributed by atoms with Crippen molar-refractivity contribution in [3.05, 3.63) is 0 Å². The Kier molecular flexibility index (Phi) is 1.66. The Labute approximate surface area is 68.0 Å². The van der Waals surface area contributed by atoms with Gasteiger partial charge in [0, 0.05) is 0 Å². The van der Waals surface area contributed by atoms with E-state index in [-0.39, 0.29) is 6.61 Å². The molecule has 0 unspecified atom stereocenters. The van der Waals surface area contributed by atoms with Crippen molar-refractivity contribution in [1.29, 1.82) is 0 Å². The Balaban J connectivity index is 2.25. The highest BCUT2D eigenvalue weighted by atomic mass is 16.7. The predicted octanol–water partition coefficient (Wildman–Crippen LogP) is -2.86. The zero-order chi connectivity index (χ0) is 8.93. The minimum atomic E-state index is -1.87. The topological polar surface area (TPSA) is 99.4 Å². The van der Waals surface area contributed by atoms with Gasteiger partial charge < -0.3 is 29.9 Å². The van der Waals surface area contributed by atoms with Crippen LogP contribution < -0.4 is 0 Å².